The second-order valence-corrected chi connectivity index (χ2v) is 5.46. The highest BCUT2D eigenvalue weighted by Crippen LogP contribution is 2.14. The number of nitrogens with two attached hydrogens (primary N) is 1. The number of hydrogen-bond acceptors (Lipinski definition) is 5. The summed E-state index contributed by atoms with van der Waals surface area (Å²) in [7, 11) is 1.35. The molecule has 0 spiro atoms. The van der Waals surface area contributed by atoms with E-state index in [4.69, 9.17) is 5.73 Å². The van der Waals surface area contributed by atoms with Crippen LogP contribution in [0.5, 0.6) is 0 Å². The Kier molecular flexibility index (Phi) is 6.54. The molecule has 1 heterocycles. The minimum absolute atomic E-state index is 0.354. The number of aromatic nitrogens is 1. The number of methoxy groups -OCH3 is 1. The molecule has 1 rings (SSSR count). The zero-order valence-electron chi connectivity index (χ0n) is 9.56. The summed E-state index contributed by atoms with van der Waals surface area (Å²) in [6.07, 6.45) is 2.39. The van der Waals surface area contributed by atoms with Crippen molar-refractivity contribution in [2.75, 3.05) is 12.9 Å². The second kappa shape index (κ2) is 7.68. The topological polar surface area (TPSA) is 65.2 Å². The van der Waals surface area contributed by atoms with Gasteiger partial charge < -0.3 is 10.5 Å². The molecule has 0 fully saturated rings. The molecule has 0 saturated carbocycles. The molecule has 1 atom stereocenters. The summed E-state index contributed by atoms with van der Waals surface area (Å²) in [6.45, 7) is 0. The average Bonchev–Trinajstić information content (AvgIpc) is 2.35. The van der Waals surface area contributed by atoms with Crippen LogP contribution in [0, 0.1) is 0 Å². The predicted octanol–water partition coefficient (Wildman–Crippen LogP) is 1.97. The van der Waals surface area contributed by atoms with Crippen LogP contribution in [0.4, 0.5) is 0 Å². The fourth-order valence-corrected chi connectivity index (χ4v) is 2.33. The summed E-state index contributed by atoms with van der Waals surface area (Å²) >= 11 is 5.04. The molecule has 17 heavy (non-hydrogen) atoms. The van der Waals surface area contributed by atoms with Crippen LogP contribution >= 0.6 is 27.7 Å². The molecule has 1 unspecified atom stereocenters. The van der Waals surface area contributed by atoms with E-state index in [1.165, 1.54) is 7.11 Å². The number of rotatable bonds is 6. The van der Waals surface area contributed by atoms with Crippen LogP contribution in [0.1, 0.15) is 12.1 Å². The van der Waals surface area contributed by atoms with Gasteiger partial charge in [0.1, 0.15) is 6.04 Å². The number of carbonyl (C=O) groups is 1. The minimum atomic E-state index is -0.523. The molecule has 0 bridgehead atoms. The summed E-state index contributed by atoms with van der Waals surface area (Å²) in [5.41, 5.74) is 6.64. The van der Waals surface area contributed by atoms with Gasteiger partial charge in [0.05, 0.1) is 12.8 Å². The van der Waals surface area contributed by atoms with Crippen LogP contribution in [0.3, 0.4) is 0 Å². The first-order valence-electron chi connectivity index (χ1n) is 5.15. The molecular weight excluding hydrogens is 304 g/mol. The molecule has 0 aliphatic rings. The number of hydrogen-bond donors (Lipinski definition) is 1. The Morgan fingerprint density at radius 2 is 2.41 bits per heavy atom. The standard InChI is InChI=1S/C11H15BrN2O2S/c1-16-11(15)10(13)4-5-17-7-9-3-2-8(12)6-14-9/h2-3,6,10H,4-5,7,13H2,1H3. The van der Waals surface area contributed by atoms with E-state index in [2.05, 4.69) is 25.7 Å². The maximum atomic E-state index is 11.0. The number of thioether (sulfide) groups is 1. The molecule has 0 amide bonds. The zero-order valence-corrected chi connectivity index (χ0v) is 12.0. The van der Waals surface area contributed by atoms with Gasteiger partial charge in [-0.2, -0.15) is 11.8 Å². The van der Waals surface area contributed by atoms with Gasteiger partial charge in [0.2, 0.25) is 0 Å². The Hall–Kier alpha value is -0.590. The summed E-state index contributed by atoms with van der Waals surface area (Å²) in [6, 6.07) is 3.41. The van der Waals surface area contributed by atoms with Gasteiger partial charge in [0, 0.05) is 16.4 Å². The molecule has 0 aliphatic heterocycles. The van der Waals surface area contributed by atoms with Gasteiger partial charge in [-0.1, -0.05) is 0 Å². The molecular formula is C11H15BrN2O2S. The second-order valence-electron chi connectivity index (χ2n) is 3.44. The summed E-state index contributed by atoms with van der Waals surface area (Å²) in [5, 5.41) is 0. The number of carbonyl (C=O) groups excluding carboxylic acids is 1. The van der Waals surface area contributed by atoms with Crippen LogP contribution in [-0.4, -0.2) is 29.9 Å². The Labute approximate surface area is 113 Å². The van der Waals surface area contributed by atoms with Crippen LogP contribution in [0.25, 0.3) is 0 Å². The third-order valence-corrected chi connectivity index (χ3v) is 3.61. The van der Waals surface area contributed by atoms with Crippen molar-refractivity contribution in [3.8, 4) is 0 Å². The highest BCUT2D eigenvalue weighted by atomic mass is 79.9. The van der Waals surface area contributed by atoms with Crippen LogP contribution in [0.15, 0.2) is 22.8 Å². The van der Waals surface area contributed by atoms with Gasteiger partial charge in [0.25, 0.3) is 0 Å². The molecule has 1 aromatic heterocycles. The smallest absolute Gasteiger partial charge is 0.322 e. The maximum Gasteiger partial charge on any atom is 0.322 e. The molecule has 6 heteroatoms. The third kappa shape index (κ3) is 5.52. The van der Waals surface area contributed by atoms with Crippen molar-refractivity contribution in [1.29, 1.82) is 0 Å². The lowest BCUT2D eigenvalue weighted by Gasteiger charge is -2.08. The zero-order chi connectivity index (χ0) is 12.7. The van der Waals surface area contributed by atoms with Gasteiger partial charge in [-0.15, -0.1) is 0 Å². The number of ether oxygens (including phenoxy) is 1. The first-order valence-corrected chi connectivity index (χ1v) is 7.10. The Bertz CT molecular complexity index is 359. The van der Waals surface area contributed by atoms with Gasteiger partial charge >= 0.3 is 5.97 Å². The number of halogens is 1. The molecule has 4 nitrogen and oxygen atoms in total. The molecule has 2 N–H and O–H groups in total. The van der Waals surface area contributed by atoms with Crippen molar-refractivity contribution >= 4 is 33.7 Å². The van der Waals surface area contributed by atoms with E-state index in [0.29, 0.717) is 6.42 Å². The summed E-state index contributed by atoms with van der Waals surface area (Å²) < 4.78 is 5.52. The molecule has 0 aliphatic carbocycles. The summed E-state index contributed by atoms with van der Waals surface area (Å²) in [4.78, 5) is 15.3. The van der Waals surface area contributed by atoms with Crippen molar-refractivity contribution in [2.24, 2.45) is 5.73 Å². The SMILES string of the molecule is COC(=O)C(N)CCSCc1ccc(Br)cn1. The molecule has 1 aromatic rings. The normalized spacial score (nSPS) is 12.2. The Morgan fingerprint density at radius 3 is 3.00 bits per heavy atom. The largest absolute Gasteiger partial charge is 0.468 e. The van der Waals surface area contributed by atoms with E-state index in [1.807, 2.05) is 12.1 Å². The molecule has 94 valence electrons. The van der Waals surface area contributed by atoms with E-state index >= 15 is 0 Å². The monoisotopic (exact) mass is 318 g/mol. The van der Waals surface area contributed by atoms with Gasteiger partial charge in [-0.05, 0) is 40.2 Å². The average molecular weight is 319 g/mol. The third-order valence-electron chi connectivity index (χ3n) is 2.12. The van der Waals surface area contributed by atoms with Crippen molar-refractivity contribution in [3.63, 3.8) is 0 Å². The minimum Gasteiger partial charge on any atom is -0.468 e. The van der Waals surface area contributed by atoms with Crippen molar-refractivity contribution < 1.29 is 9.53 Å². The van der Waals surface area contributed by atoms with E-state index in [0.717, 1.165) is 21.7 Å². The molecule has 0 radical (unpaired) electrons. The molecule has 0 saturated heterocycles. The van der Waals surface area contributed by atoms with E-state index in [-0.39, 0.29) is 5.97 Å². The van der Waals surface area contributed by atoms with Gasteiger partial charge in [-0.25, -0.2) is 0 Å². The first-order chi connectivity index (χ1) is 8.13. The molecule has 0 aromatic carbocycles. The van der Waals surface area contributed by atoms with Crippen molar-refractivity contribution in [3.05, 3.63) is 28.5 Å². The quantitative estimate of drug-likeness (QED) is 0.641. The lowest BCUT2D eigenvalue weighted by molar-refractivity contribution is -0.142. The fourth-order valence-electron chi connectivity index (χ4n) is 1.15. The van der Waals surface area contributed by atoms with Crippen LogP contribution in [0.2, 0.25) is 0 Å². The number of esters is 1. The lowest BCUT2D eigenvalue weighted by Crippen LogP contribution is -2.31. The van der Waals surface area contributed by atoms with Crippen molar-refractivity contribution in [2.45, 2.75) is 18.2 Å². The van der Waals surface area contributed by atoms with E-state index < -0.39 is 6.04 Å². The summed E-state index contributed by atoms with van der Waals surface area (Å²) in [5.74, 6) is 1.28. The first kappa shape index (κ1) is 14.5. The van der Waals surface area contributed by atoms with Gasteiger partial charge in [0.15, 0.2) is 0 Å². The number of pyridine rings is 1. The predicted molar refractivity (Wildman–Crippen MR) is 72.7 cm³/mol. The fraction of sp³-hybridized carbons (Fsp3) is 0.455. The Balaban J connectivity index is 2.20. The van der Waals surface area contributed by atoms with Crippen molar-refractivity contribution in [1.82, 2.24) is 4.98 Å². The Morgan fingerprint density at radius 1 is 1.65 bits per heavy atom. The highest BCUT2D eigenvalue weighted by Gasteiger charge is 2.12. The van der Waals surface area contributed by atoms with Crippen LogP contribution in [-0.2, 0) is 15.3 Å². The van der Waals surface area contributed by atoms with E-state index in [1.54, 1.807) is 18.0 Å². The van der Waals surface area contributed by atoms with Crippen LogP contribution < -0.4 is 5.73 Å². The highest BCUT2D eigenvalue weighted by molar-refractivity contribution is 9.10. The maximum absolute atomic E-state index is 11.0. The van der Waals surface area contributed by atoms with E-state index in [9.17, 15) is 4.79 Å². The lowest BCUT2D eigenvalue weighted by atomic mass is 10.2. The number of nitrogens with zero attached hydrogens (tertiary/aromatic N) is 1. The van der Waals surface area contributed by atoms with Gasteiger partial charge in [-0.3, -0.25) is 9.78 Å².